The van der Waals surface area contributed by atoms with Crippen molar-refractivity contribution in [2.24, 2.45) is 0 Å². The van der Waals surface area contributed by atoms with Crippen molar-refractivity contribution in [1.82, 2.24) is 10.1 Å². The van der Waals surface area contributed by atoms with Gasteiger partial charge < -0.3 is 18.7 Å². The van der Waals surface area contributed by atoms with Crippen LogP contribution >= 0.6 is 27.7 Å². The zero-order valence-corrected chi connectivity index (χ0v) is 18.5. The van der Waals surface area contributed by atoms with Crippen LogP contribution in [0.4, 0.5) is 0 Å². The smallest absolute Gasteiger partial charge is 0.316 e. The van der Waals surface area contributed by atoms with Crippen LogP contribution in [0.1, 0.15) is 11.5 Å². The lowest BCUT2D eigenvalue weighted by Gasteiger charge is -2.07. The molecule has 0 aliphatic carbocycles. The van der Waals surface area contributed by atoms with E-state index in [4.69, 9.17) is 18.7 Å². The molecule has 3 rings (SSSR count). The molecule has 0 spiro atoms. The number of benzene rings is 2. The van der Waals surface area contributed by atoms with Crippen molar-refractivity contribution < 1.29 is 23.5 Å². The summed E-state index contributed by atoms with van der Waals surface area (Å²) in [6.07, 6.45) is 0. The molecule has 1 heterocycles. The van der Waals surface area contributed by atoms with Gasteiger partial charge in [-0.25, -0.2) is 0 Å². The van der Waals surface area contributed by atoms with Crippen LogP contribution in [0.5, 0.6) is 11.5 Å². The molecule has 0 saturated carbocycles. The second-order valence-corrected chi connectivity index (χ2v) is 7.87. The van der Waals surface area contributed by atoms with Gasteiger partial charge in [-0.1, -0.05) is 21.1 Å². The van der Waals surface area contributed by atoms with E-state index in [1.165, 1.54) is 11.8 Å². The minimum absolute atomic E-state index is 0.0931. The number of esters is 1. The monoisotopic (exact) mass is 478 g/mol. The van der Waals surface area contributed by atoms with Crippen molar-refractivity contribution >= 4 is 33.7 Å². The van der Waals surface area contributed by atoms with E-state index in [0.717, 1.165) is 14.9 Å². The highest BCUT2D eigenvalue weighted by Gasteiger charge is 2.16. The topological polar surface area (TPSA) is 83.7 Å². The first-order valence-electron chi connectivity index (χ1n) is 8.59. The molecule has 0 bridgehead atoms. The minimum atomic E-state index is -0.362. The fourth-order valence-corrected chi connectivity index (χ4v) is 3.78. The van der Waals surface area contributed by atoms with Crippen molar-refractivity contribution in [3.8, 4) is 22.9 Å². The highest BCUT2D eigenvalue weighted by atomic mass is 79.9. The zero-order chi connectivity index (χ0) is 20.8. The number of rotatable bonds is 8. The van der Waals surface area contributed by atoms with E-state index in [0.29, 0.717) is 22.9 Å². The van der Waals surface area contributed by atoms with E-state index in [1.807, 2.05) is 25.1 Å². The predicted molar refractivity (Wildman–Crippen MR) is 112 cm³/mol. The van der Waals surface area contributed by atoms with Gasteiger partial charge in [-0.15, -0.1) is 11.8 Å². The van der Waals surface area contributed by atoms with Crippen LogP contribution in [0.25, 0.3) is 11.4 Å². The molecule has 0 radical (unpaired) electrons. The Hall–Kier alpha value is -2.52. The number of thioether (sulfide) groups is 1. The number of carbonyl (C=O) groups excluding carboxylic acids is 1. The number of aromatic nitrogens is 2. The standard InChI is InChI=1S/C20H19BrN2O5S/c1-12-8-13(21)4-7-17(12)29-11-19(24)27-10-18-22-20(23-28-18)15-6-5-14(25-2)9-16(15)26-3/h4-9H,10-11H2,1-3H3. The molecule has 0 saturated heterocycles. The molecular weight excluding hydrogens is 460 g/mol. The SMILES string of the molecule is COc1ccc(-c2noc(COC(=O)CSc3ccc(Br)cc3C)n2)c(OC)c1. The molecule has 0 unspecified atom stereocenters. The Morgan fingerprint density at radius 3 is 2.72 bits per heavy atom. The van der Waals surface area contributed by atoms with Crippen LogP contribution in [0.3, 0.4) is 0 Å². The van der Waals surface area contributed by atoms with Gasteiger partial charge in [0.05, 0.1) is 25.5 Å². The summed E-state index contributed by atoms with van der Waals surface area (Å²) in [6, 6.07) is 11.2. The number of methoxy groups -OCH3 is 2. The summed E-state index contributed by atoms with van der Waals surface area (Å²) < 4.78 is 22.0. The quantitative estimate of drug-likeness (QED) is 0.341. The molecular formula is C20H19BrN2O5S. The fraction of sp³-hybridized carbons (Fsp3) is 0.250. The molecule has 0 aliphatic rings. The van der Waals surface area contributed by atoms with E-state index in [2.05, 4.69) is 26.1 Å². The Morgan fingerprint density at radius 1 is 1.17 bits per heavy atom. The van der Waals surface area contributed by atoms with Crippen LogP contribution in [-0.2, 0) is 16.1 Å². The third-order valence-corrected chi connectivity index (χ3v) is 5.60. The molecule has 3 aromatic rings. The molecule has 7 nitrogen and oxygen atoms in total. The second kappa shape index (κ2) is 9.80. The number of hydrogen-bond acceptors (Lipinski definition) is 8. The second-order valence-electron chi connectivity index (χ2n) is 5.94. The maximum Gasteiger partial charge on any atom is 0.316 e. The van der Waals surface area contributed by atoms with Crippen molar-refractivity contribution in [3.05, 3.63) is 52.3 Å². The van der Waals surface area contributed by atoms with Gasteiger partial charge >= 0.3 is 5.97 Å². The number of ether oxygens (including phenoxy) is 3. The van der Waals surface area contributed by atoms with Crippen molar-refractivity contribution in [3.63, 3.8) is 0 Å². The van der Waals surface area contributed by atoms with E-state index in [-0.39, 0.29) is 24.2 Å². The predicted octanol–water partition coefficient (Wildman–Crippen LogP) is 4.66. The molecule has 0 amide bonds. The van der Waals surface area contributed by atoms with E-state index in [1.54, 1.807) is 32.4 Å². The van der Waals surface area contributed by atoms with Crippen LogP contribution in [-0.4, -0.2) is 36.1 Å². The Bertz CT molecular complexity index is 1010. The number of carbonyl (C=O) groups is 1. The largest absolute Gasteiger partial charge is 0.497 e. The average molecular weight is 479 g/mol. The summed E-state index contributed by atoms with van der Waals surface area (Å²) in [6.45, 7) is 1.90. The zero-order valence-electron chi connectivity index (χ0n) is 16.1. The first kappa shape index (κ1) is 21.2. The molecule has 29 heavy (non-hydrogen) atoms. The van der Waals surface area contributed by atoms with Gasteiger partial charge in [0.2, 0.25) is 5.82 Å². The van der Waals surface area contributed by atoms with Gasteiger partial charge in [0.1, 0.15) is 11.5 Å². The van der Waals surface area contributed by atoms with E-state index >= 15 is 0 Å². The number of aryl methyl sites for hydroxylation is 1. The highest BCUT2D eigenvalue weighted by Crippen LogP contribution is 2.31. The summed E-state index contributed by atoms with van der Waals surface area (Å²) in [5.41, 5.74) is 1.74. The maximum atomic E-state index is 12.0. The van der Waals surface area contributed by atoms with Gasteiger partial charge in [0, 0.05) is 15.4 Å². The van der Waals surface area contributed by atoms with Crippen molar-refractivity contribution in [1.29, 1.82) is 0 Å². The first-order valence-corrected chi connectivity index (χ1v) is 10.4. The normalized spacial score (nSPS) is 10.6. The molecule has 9 heteroatoms. The van der Waals surface area contributed by atoms with Crippen LogP contribution in [0.2, 0.25) is 0 Å². The lowest BCUT2D eigenvalue weighted by atomic mass is 10.2. The van der Waals surface area contributed by atoms with Crippen LogP contribution in [0, 0.1) is 6.92 Å². The number of nitrogens with zero attached hydrogens (tertiary/aromatic N) is 2. The van der Waals surface area contributed by atoms with Gasteiger partial charge in [-0.05, 0) is 42.8 Å². The Morgan fingerprint density at radius 2 is 2.00 bits per heavy atom. The molecule has 0 atom stereocenters. The lowest BCUT2D eigenvalue weighted by Crippen LogP contribution is -2.07. The molecule has 1 aromatic heterocycles. The van der Waals surface area contributed by atoms with Crippen molar-refractivity contribution in [2.75, 3.05) is 20.0 Å². The first-order chi connectivity index (χ1) is 14.0. The molecule has 0 N–H and O–H groups in total. The minimum Gasteiger partial charge on any atom is -0.497 e. The summed E-state index contributed by atoms with van der Waals surface area (Å²) in [5, 5.41) is 3.93. The maximum absolute atomic E-state index is 12.0. The Labute approximate surface area is 180 Å². The van der Waals surface area contributed by atoms with Gasteiger partial charge in [-0.2, -0.15) is 4.98 Å². The molecule has 0 aliphatic heterocycles. The number of halogens is 1. The van der Waals surface area contributed by atoms with Crippen LogP contribution < -0.4 is 9.47 Å². The number of hydrogen-bond donors (Lipinski definition) is 0. The summed E-state index contributed by atoms with van der Waals surface area (Å²) in [5.74, 6) is 1.58. The third kappa shape index (κ3) is 5.51. The van der Waals surface area contributed by atoms with Gasteiger partial charge in [-0.3, -0.25) is 4.79 Å². The van der Waals surface area contributed by atoms with Crippen LogP contribution in [0.15, 0.2) is 50.3 Å². The van der Waals surface area contributed by atoms with Crippen molar-refractivity contribution in [2.45, 2.75) is 18.4 Å². The summed E-state index contributed by atoms with van der Waals surface area (Å²) in [4.78, 5) is 17.3. The molecule has 2 aromatic carbocycles. The highest BCUT2D eigenvalue weighted by molar-refractivity contribution is 9.10. The Balaban J connectivity index is 1.57. The third-order valence-electron chi connectivity index (χ3n) is 3.96. The van der Waals surface area contributed by atoms with Gasteiger partial charge in [0.25, 0.3) is 5.89 Å². The van der Waals surface area contributed by atoms with Gasteiger partial charge in [0.15, 0.2) is 6.61 Å². The van der Waals surface area contributed by atoms with E-state index in [9.17, 15) is 4.79 Å². The lowest BCUT2D eigenvalue weighted by molar-refractivity contribution is -0.142. The van der Waals surface area contributed by atoms with E-state index < -0.39 is 0 Å². The average Bonchev–Trinajstić information content (AvgIpc) is 3.20. The fourth-order valence-electron chi connectivity index (χ4n) is 2.50. The Kier molecular flexibility index (Phi) is 7.16. The summed E-state index contributed by atoms with van der Waals surface area (Å²) in [7, 11) is 3.12. The molecule has 0 fully saturated rings. The summed E-state index contributed by atoms with van der Waals surface area (Å²) >= 11 is 4.84. The molecule has 152 valence electrons.